The first-order valence-corrected chi connectivity index (χ1v) is 5.43. The van der Waals surface area contributed by atoms with Gasteiger partial charge in [-0.3, -0.25) is 0 Å². The van der Waals surface area contributed by atoms with E-state index in [0.717, 1.165) is 6.42 Å². The predicted octanol–water partition coefficient (Wildman–Crippen LogP) is 3.03. The zero-order valence-corrected chi connectivity index (χ0v) is 10.6. The van der Waals surface area contributed by atoms with E-state index in [-0.39, 0.29) is 11.6 Å². The van der Waals surface area contributed by atoms with Crippen LogP contribution in [0, 0.1) is 0 Å². The molecule has 0 radical (unpaired) electrons. The van der Waals surface area contributed by atoms with E-state index in [0.29, 0.717) is 0 Å². The van der Waals surface area contributed by atoms with Crippen molar-refractivity contribution in [1.82, 2.24) is 5.06 Å². The highest BCUT2D eigenvalue weighted by molar-refractivity contribution is 4.88. The van der Waals surface area contributed by atoms with Crippen molar-refractivity contribution in [2.24, 2.45) is 0 Å². The summed E-state index contributed by atoms with van der Waals surface area (Å²) in [7, 11) is 0. The van der Waals surface area contributed by atoms with Crippen LogP contribution in [0.1, 0.15) is 54.9 Å². The molecule has 1 atom stereocenters. The summed E-state index contributed by atoms with van der Waals surface area (Å²) in [5, 5.41) is 11.1. The molecule has 1 rings (SSSR count). The minimum absolute atomic E-state index is 0.193. The maximum Gasteiger partial charge on any atom is 0.139 e. The number of hydroxylamine groups is 2. The van der Waals surface area contributed by atoms with E-state index in [2.05, 4.69) is 0 Å². The Morgan fingerprint density at radius 2 is 1.64 bits per heavy atom. The Morgan fingerprint density at radius 3 is 2.00 bits per heavy atom. The lowest BCUT2D eigenvalue weighted by Crippen LogP contribution is -2.61. The molecule has 0 aromatic carbocycles. The fourth-order valence-corrected chi connectivity index (χ4v) is 2.10. The largest absolute Gasteiger partial charge is 0.356 e. The second-order valence-electron chi connectivity index (χ2n) is 4.70. The van der Waals surface area contributed by atoms with Crippen LogP contribution in [0.3, 0.4) is 0 Å². The van der Waals surface area contributed by atoms with Crippen molar-refractivity contribution in [3.05, 3.63) is 0 Å². The van der Waals surface area contributed by atoms with Crippen molar-refractivity contribution >= 4 is 0 Å². The molecule has 14 heavy (non-hydrogen) atoms. The fourth-order valence-electron chi connectivity index (χ4n) is 2.10. The average Bonchev–Trinajstić information content (AvgIpc) is 2.02. The van der Waals surface area contributed by atoms with Gasteiger partial charge in [-0.25, -0.2) is 0 Å². The van der Waals surface area contributed by atoms with Gasteiger partial charge in [-0.2, -0.15) is 5.06 Å². The van der Waals surface area contributed by atoms with Crippen LogP contribution in [-0.2, 0) is 4.74 Å². The van der Waals surface area contributed by atoms with E-state index in [9.17, 15) is 5.21 Å². The van der Waals surface area contributed by atoms with Gasteiger partial charge in [0.2, 0.25) is 0 Å². The van der Waals surface area contributed by atoms with Crippen molar-refractivity contribution in [2.75, 3.05) is 0 Å². The van der Waals surface area contributed by atoms with Gasteiger partial charge in [-0.05, 0) is 41.0 Å². The van der Waals surface area contributed by atoms with Gasteiger partial charge < -0.3 is 9.94 Å². The summed E-state index contributed by atoms with van der Waals surface area (Å²) in [6.07, 6.45) is 1.06. The Labute approximate surface area is 88.0 Å². The van der Waals surface area contributed by atoms with E-state index < -0.39 is 5.72 Å². The zero-order valence-electron chi connectivity index (χ0n) is 10.6. The predicted molar refractivity (Wildman–Crippen MR) is 58.3 cm³/mol. The standard InChI is InChI=1S/C9H19NO2.C2H6/c1-7-6-8(2,3)10(11)9(4,5)12-7;1-2/h7,11H,6H2,1-5H3;1-2H3. The third-order valence-electron chi connectivity index (χ3n) is 2.36. The van der Waals surface area contributed by atoms with Gasteiger partial charge in [0.15, 0.2) is 0 Å². The summed E-state index contributed by atoms with van der Waals surface area (Å²) < 4.78 is 5.60. The quantitative estimate of drug-likeness (QED) is 0.657. The number of hydrogen-bond donors (Lipinski definition) is 1. The van der Waals surface area contributed by atoms with Crippen LogP contribution in [-0.4, -0.2) is 27.6 Å². The van der Waals surface area contributed by atoms with Gasteiger partial charge >= 0.3 is 0 Å². The molecule has 0 saturated carbocycles. The molecule has 0 aromatic rings. The Morgan fingerprint density at radius 1 is 1.21 bits per heavy atom. The number of rotatable bonds is 0. The van der Waals surface area contributed by atoms with E-state index in [4.69, 9.17) is 4.74 Å². The summed E-state index contributed by atoms with van der Waals surface area (Å²) in [6.45, 7) is 13.8. The minimum Gasteiger partial charge on any atom is -0.356 e. The molecule has 1 saturated heterocycles. The van der Waals surface area contributed by atoms with Crippen LogP contribution in [0.15, 0.2) is 0 Å². The third kappa shape index (κ3) is 2.94. The Bertz CT molecular complexity index is 160. The van der Waals surface area contributed by atoms with Crippen molar-refractivity contribution in [1.29, 1.82) is 0 Å². The molecular weight excluding hydrogens is 178 g/mol. The Kier molecular flexibility index (Phi) is 4.56. The molecular formula is C11H25NO2. The lowest BCUT2D eigenvalue weighted by atomic mass is 9.92. The molecule has 1 aliphatic rings. The Balaban J connectivity index is 0.000000791. The van der Waals surface area contributed by atoms with Crippen molar-refractivity contribution in [3.63, 3.8) is 0 Å². The molecule has 1 heterocycles. The molecule has 0 amide bonds. The van der Waals surface area contributed by atoms with Crippen LogP contribution in [0.5, 0.6) is 0 Å². The number of ether oxygens (including phenoxy) is 1. The highest BCUT2D eigenvalue weighted by Gasteiger charge is 2.44. The normalized spacial score (nSPS) is 30.4. The topological polar surface area (TPSA) is 32.7 Å². The summed E-state index contributed by atoms with van der Waals surface area (Å²) in [5.74, 6) is 0. The lowest BCUT2D eigenvalue weighted by molar-refractivity contribution is -0.351. The van der Waals surface area contributed by atoms with Crippen LogP contribution < -0.4 is 0 Å². The third-order valence-corrected chi connectivity index (χ3v) is 2.36. The highest BCUT2D eigenvalue weighted by Crippen LogP contribution is 2.34. The van der Waals surface area contributed by atoms with Crippen molar-refractivity contribution in [3.8, 4) is 0 Å². The zero-order chi connectivity index (χ0) is 11.6. The molecule has 1 fully saturated rings. The monoisotopic (exact) mass is 203 g/mol. The Hall–Kier alpha value is -0.120. The van der Waals surface area contributed by atoms with Crippen LogP contribution in [0.25, 0.3) is 0 Å². The smallest absolute Gasteiger partial charge is 0.139 e. The number of hydrogen-bond acceptors (Lipinski definition) is 3. The number of nitrogens with zero attached hydrogens (tertiary/aromatic N) is 1. The molecule has 0 aliphatic carbocycles. The SMILES string of the molecule is CC.CC1CC(C)(C)N(O)C(C)(C)O1. The van der Waals surface area contributed by atoms with E-state index in [1.54, 1.807) is 0 Å². The molecule has 0 aromatic heterocycles. The average molecular weight is 203 g/mol. The molecule has 0 spiro atoms. The maximum absolute atomic E-state index is 9.79. The van der Waals surface area contributed by atoms with Gasteiger partial charge in [-0.15, -0.1) is 0 Å². The van der Waals surface area contributed by atoms with Gasteiger partial charge in [-0.1, -0.05) is 13.8 Å². The van der Waals surface area contributed by atoms with Crippen LogP contribution in [0.4, 0.5) is 0 Å². The molecule has 0 bridgehead atoms. The van der Waals surface area contributed by atoms with Crippen LogP contribution >= 0.6 is 0 Å². The second-order valence-corrected chi connectivity index (χ2v) is 4.70. The van der Waals surface area contributed by atoms with Gasteiger partial charge in [0.1, 0.15) is 5.72 Å². The fraction of sp³-hybridized carbons (Fsp3) is 1.00. The van der Waals surface area contributed by atoms with Gasteiger partial charge in [0.05, 0.1) is 6.10 Å². The van der Waals surface area contributed by atoms with E-state index >= 15 is 0 Å². The summed E-state index contributed by atoms with van der Waals surface area (Å²) in [4.78, 5) is 0. The van der Waals surface area contributed by atoms with Gasteiger partial charge in [0.25, 0.3) is 0 Å². The molecule has 86 valence electrons. The first kappa shape index (κ1) is 13.9. The second kappa shape index (κ2) is 4.60. The minimum atomic E-state index is -0.568. The molecule has 3 nitrogen and oxygen atoms in total. The maximum atomic E-state index is 9.79. The van der Waals surface area contributed by atoms with E-state index in [1.165, 1.54) is 5.06 Å². The summed E-state index contributed by atoms with van der Waals surface area (Å²) >= 11 is 0. The molecule has 1 unspecified atom stereocenters. The van der Waals surface area contributed by atoms with Crippen LogP contribution in [0.2, 0.25) is 0 Å². The van der Waals surface area contributed by atoms with Crippen molar-refractivity contribution < 1.29 is 9.94 Å². The molecule has 1 aliphatic heterocycles. The summed E-state index contributed by atoms with van der Waals surface area (Å²) in [6, 6.07) is 0. The first-order chi connectivity index (χ1) is 6.26. The van der Waals surface area contributed by atoms with Crippen molar-refractivity contribution in [2.45, 2.75) is 72.3 Å². The molecule has 3 heteroatoms. The lowest BCUT2D eigenvalue weighted by Gasteiger charge is -2.50. The van der Waals surface area contributed by atoms with Gasteiger partial charge in [0, 0.05) is 5.54 Å². The molecule has 1 N–H and O–H groups in total. The van der Waals surface area contributed by atoms with E-state index in [1.807, 2.05) is 48.5 Å². The highest BCUT2D eigenvalue weighted by atomic mass is 16.6. The summed E-state index contributed by atoms with van der Waals surface area (Å²) in [5.41, 5.74) is -0.762. The first-order valence-electron chi connectivity index (χ1n) is 5.43.